The number of aliphatic carboxylic acids is 1. The molecule has 1 aromatic rings. The molecule has 1 heterocycles. The van der Waals surface area contributed by atoms with Gasteiger partial charge in [0, 0.05) is 13.0 Å². The summed E-state index contributed by atoms with van der Waals surface area (Å²) in [4.78, 5) is 25.5. The molecule has 0 saturated carbocycles. The summed E-state index contributed by atoms with van der Waals surface area (Å²) in [6.45, 7) is 4.20. The maximum atomic E-state index is 12.6. The zero-order valence-electron chi connectivity index (χ0n) is 12.5. The van der Waals surface area contributed by atoms with E-state index < -0.39 is 18.1 Å². The van der Waals surface area contributed by atoms with Gasteiger partial charge in [0.05, 0.1) is 6.04 Å². The standard InChI is InChI=1S/C16H22N2O3/c1-3-10(2)14(17)15(19)18-9-12-7-5-4-6-11(12)8-13(18)16(20)21/h4-7,10,13-14H,3,8-9,17H2,1-2H3,(H,20,21)/t10-,13+,14-/m0/s1. The summed E-state index contributed by atoms with van der Waals surface area (Å²) in [5, 5.41) is 9.43. The molecule has 1 aliphatic heterocycles. The van der Waals surface area contributed by atoms with E-state index in [-0.39, 0.29) is 11.8 Å². The summed E-state index contributed by atoms with van der Waals surface area (Å²) in [7, 11) is 0. The lowest BCUT2D eigenvalue weighted by atomic mass is 9.91. The first-order chi connectivity index (χ1) is 9.95. The van der Waals surface area contributed by atoms with Gasteiger partial charge in [-0.15, -0.1) is 0 Å². The van der Waals surface area contributed by atoms with Crippen molar-refractivity contribution in [2.45, 2.75) is 45.3 Å². The number of carboxylic acids is 1. The van der Waals surface area contributed by atoms with Gasteiger partial charge in [-0.1, -0.05) is 44.5 Å². The molecule has 1 aromatic carbocycles. The Bertz CT molecular complexity index is 544. The van der Waals surface area contributed by atoms with Crippen LogP contribution in [0.3, 0.4) is 0 Å². The van der Waals surface area contributed by atoms with Crippen molar-refractivity contribution in [1.29, 1.82) is 0 Å². The smallest absolute Gasteiger partial charge is 0.326 e. The minimum absolute atomic E-state index is 0.0316. The van der Waals surface area contributed by atoms with Crippen molar-refractivity contribution < 1.29 is 14.7 Å². The number of hydrogen-bond donors (Lipinski definition) is 2. The summed E-state index contributed by atoms with van der Waals surface area (Å²) >= 11 is 0. The minimum atomic E-state index is -0.978. The lowest BCUT2D eigenvalue weighted by Crippen LogP contribution is -2.55. The van der Waals surface area contributed by atoms with Crippen molar-refractivity contribution in [2.75, 3.05) is 0 Å². The van der Waals surface area contributed by atoms with Gasteiger partial charge in [-0.3, -0.25) is 4.79 Å². The topological polar surface area (TPSA) is 83.6 Å². The summed E-state index contributed by atoms with van der Waals surface area (Å²) < 4.78 is 0. The van der Waals surface area contributed by atoms with Crippen LogP contribution in [0.2, 0.25) is 0 Å². The van der Waals surface area contributed by atoms with Crippen molar-refractivity contribution in [1.82, 2.24) is 4.90 Å². The predicted octanol–water partition coefficient (Wildman–Crippen LogP) is 1.40. The molecule has 0 saturated heterocycles. The zero-order chi connectivity index (χ0) is 15.6. The molecule has 21 heavy (non-hydrogen) atoms. The number of benzene rings is 1. The van der Waals surface area contributed by atoms with Crippen LogP contribution in [0.5, 0.6) is 0 Å². The first-order valence-electron chi connectivity index (χ1n) is 7.31. The molecule has 0 radical (unpaired) electrons. The Hall–Kier alpha value is -1.88. The van der Waals surface area contributed by atoms with Crippen molar-refractivity contribution in [2.24, 2.45) is 11.7 Å². The van der Waals surface area contributed by atoms with Gasteiger partial charge in [-0.05, 0) is 17.0 Å². The van der Waals surface area contributed by atoms with E-state index in [4.69, 9.17) is 5.73 Å². The second-order valence-corrected chi connectivity index (χ2v) is 5.70. The number of hydrogen-bond acceptors (Lipinski definition) is 3. The number of amides is 1. The Morgan fingerprint density at radius 1 is 1.38 bits per heavy atom. The van der Waals surface area contributed by atoms with Gasteiger partial charge in [0.25, 0.3) is 0 Å². The fourth-order valence-electron chi connectivity index (χ4n) is 2.66. The maximum absolute atomic E-state index is 12.6. The molecule has 3 N–H and O–H groups in total. The number of carbonyl (C=O) groups is 2. The lowest BCUT2D eigenvalue weighted by molar-refractivity contribution is -0.152. The SMILES string of the molecule is CC[C@H](C)[C@H](N)C(=O)N1Cc2ccccc2C[C@@H]1C(=O)O. The van der Waals surface area contributed by atoms with Gasteiger partial charge in [-0.2, -0.15) is 0 Å². The number of fused-ring (bicyclic) bond motifs is 1. The van der Waals surface area contributed by atoms with Crippen LogP contribution in [0.25, 0.3) is 0 Å². The van der Waals surface area contributed by atoms with Gasteiger partial charge in [-0.25, -0.2) is 4.79 Å². The van der Waals surface area contributed by atoms with Crippen LogP contribution in [0.15, 0.2) is 24.3 Å². The van der Waals surface area contributed by atoms with Gasteiger partial charge < -0.3 is 15.7 Å². The van der Waals surface area contributed by atoms with E-state index in [1.54, 1.807) is 0 Å². The molecule has 5 heteroatoms. The van der Waals surface area contributed by atoms with Crippen molar-refractivity contribution in [3.05, 3.63) is 35.4 Å². The van der Waals surface area contributed by atoms with Gasteiger partial charge >= 0.3 is 5.97 Å². The minimum Gasteiger partial charge on any atom is -0.480 e. The Morgan fingerprint density at radius 2 is 2.00 bits per heavy atom. The van der Waals surface area contributed by atoms with Crippen LogP contribution in [-0.2, 0) is 22.6 Å². The predicted molar refractivity (Wildman–Crippen MR) is 79.6 cm³/mol. The number of nitrogens with two attached hydrogens (primary N) is 1. The third kappa shape index (κ3) is 3.08. The van der Waals surface area contributed by atoms with Crippen LogP contribution in [0.1, 0.15) is 31.4 Å². The molecule has 0 fully saturated rings. The Balaban J connectivity index is 2.28. The molecule has 0 bridgehead atoms. The second kappa shape index (κ2) is 6.26. The number of nitrogens with zero attached hydrogens (tertiary/aromatic N) is 1. The molecule has 1 amide bonds. The molecule has 2 rings (SSSR count). The molecular weight excluding hydrogens is 268 g/mol. The van der Waals surface area contributed by atoms with Crippen molar-refractivity contribution in [3.63, 3.8) is 0 Å². The molecular formula is C16H22N2O3. The van der Waals surface area contributed by atoms with E-state index in [1.165, 1.54) is 4.90 Å². The summed E-state index contributed by atoms with van der Waals surface area (Å²) in [5.41, 5.74) is 7.99. The molecule has 0 spiro atoms. The third-order valence-corrected chi connectivity index (χ3v) is 4.36. The highest BCUT2D eigenvalue weighted by Gasteiger charge is 2.37. The van der Waals surface area contributed by atoms with E-state index in [2.05, 4.69) is 0 Å². The normalized spacial score (nSPS) is 20.5. The fourth-order valence-corrected chi connectivity index (χ4v) is 2.66. The monoisotopic (exact) mass is 290 g/mol. The van der Waals surface area contributed by atoms with E-state index in [0.717, 1.165) is 17.5 Å². The molecule has 1 aliphatic rings. The van der Waals surface area contributed by atoms with Crippen LogP contribution in [-0.4, -0.2) is 34.0 Å². The Morgan fingerprint density at radius 3 is 2.57 bits per heavy atom. The Kier molecular flexibility index (Phi) is 4.63. The first kappa shape index (κ1) is 15.5. The number of carbonyl (C=O) groups excluding carboxylic acids is 1. The Labute approximate surface area is 124 Å². The van der Waals surface area contributed by atoms with Crippen LogP contribution < -0.4 is 5.73 Å². The molecule has 0 aromatic heterocycles. The van der Waals surface area contributed by atoms with Gasteiger partial charge in [0.2, 0.25) is 5.91 Å². The fraction of sp³-hybridized carbons (Fsp3) is 0.500. The summed E-state index contributed by atoms with van der Waals surface area (Å²) in [6.07, 6.45) is 1.12. The van der Waals surface area contributed by atoms with Crippen molar-refractivity contribution >= 4 is 11.9 Å². The molecule has 0 aliphatic carbocycles. The molecule has 114 valence electrons. The van der Waals surface area contributed by atoms with Gasteiger partial charge in [0.15, 0.2) is 0 Å². The highest BCUT2D eigenvalue weighted by molar-refractivity contribution is 5.87. The first-order valence-corrected chi connectivity index (χ1v) is 7.31. The quantitative estimate of drug-likeness (QED) is 0.878. The van der Waals surface area contributed by atoms with Crippen LogP contribution >= 0.6 is 0 Å². The van der Waals surface area contributed by atoms with E-state index in [1.807, 2.05) is 38.1 Å². The van der Waals surface area contributed by atoms with Crippen LogP contribution in [0.4, 0.5) is 0 Å². The second-order valence-electron chi connectivity index (χ2n) is 5.70. The summed E-state index contributed by atoms with van der Waals surface area (Å²) in [5.74, 6) is -1.22. The summed E-state index contributed by atoms with van der Waals surface area (Å²) in [6, 6.07) is 6.16. The third-order valence-electron chi connectivity index (χ3n) is 4.36. The zero-order valence-corrected chi connectivity index (χ0v) is 12.5. The van der Waals surface area contributed by atoms with Gasteiger partial charge in [0.1, 0.15) is 6.04 Å². The molecule has 5 nitrogen and oxygen atoms in total. The average Bonchev–Trinajstić information content (AvgIpc) is 2.51. The maximum Gasteiger partial charge on any atom is 0.326 e. The average molecular weight is 290 g/mol. The molecule has 3 atom stereocenters. The molecule has 0 unspecified atom stereocenters. The van der Waals surface area contributed by atoms with E-state index in [9.17, 15) is 14.7 Å². The van der Waals surface area contributed by atoms with E-state index in [0.29, 0.717) is 13.0 Å². The number of rotatable bonds is 4. The highest BCUT2D eigenvalue weighted by Crippen LogP contribution is 2.25. The largest absolute Gasteiger partial charge is 0.480 e. The number of carboxylic acid groups (broad SMARTS) is 1. The lowest BCUT2D eigenvalue weighted by Gasteiger charge is -2.36. The van der Waals surface area contributed by atoms with Crippen molar-refractivity contribution in [3.8, 4) is 0 Å². The highest BCUT2D eigenvalue weighted by atomic mass is 16.4. The van der Waals surface area contributed by atoms with E-state index >= 15 is 0 Å². The van der Waals surface area contributed by atoms with Crippen LogP contribution in [0, 0.1) is 5.92 Å².